The van der Waals surface area contributed by atoms with Crippen LogP contribution in [0.5, 0.6) is 0 Å². The van der Waals surface area contributed by atoms with Crippen molar-refractivity contribution in [2.24, 2.45) is 11.7 Å². The first-order chi connectivity index (χ1) is 7.84. The van der Waals surface area contributed by atoms with E-state index in [-0.39, 0.29) is 6.17 Å². The Morgan fingerprint density at radius 1 is 1.31 bits per heavy atom. The van der Waals surface area contributed by atoms with Gasteiger partial charge in [0.15, 0.2) is 0 Å². The average Bonchev–Trinajstić information content (AvgIpc) is 2.72. The number of nitrogens with one attached hydrogen (secondary N) is 2. The zero-order chi connectivity index (χ0) is 11.0. The van der Waals surface area contributed by atoms with Crippen molar-refractivity contribution in [3.8, 4) is 0 Å². The second-order valence-corrected chi connectivity index (χ2v) is 4.88. The van der Waals surface area contributed by atoms with Crippen molar-refractivity contribution in [2.75, 3.05) is 0 Å². The Labute approximate surface area is 95.6 Å². The molecule has 4 N–H and O–H groups in total. The summed E-state index contributed by atoms with van der Waals surface area (Å²) in [7, 11) is 0. The summed E-state index contributed by atoms with van der Waals surface area (Å²) < 4.78 is 0. The Morgan fingerprint density at radius 2 is 2.25 bits per heavy atom. The Morgan fingerprint density at radius 3 is 3.06 bits per heavy atom. The number of aromatic nitrogens is 1. The summed E-state index contributed by atoms with van der Waals surface area (Å²) in [4.78, 5) is 4.20. The van der Waals surface area contributed by atoms with Gasteiger partial charge in [-0.05, 0) is 36.8 Å². The maximum Gasteiger partial charge on any atom is 0.0723 e. The molecule has 4 nitrogen and oxygen atoms in total. The minimum absolute atomic E-state index is 0.101. The van der Waals surface area contributed by atoms with E-state index in [9.17, 15) is 0 Å². The van der Waals surface area contributed by atoms with Crippen LogP contribution >= 0.6 is 0 Å². The summed E-state index contributed by atoms with van der Waals surface area (Å²) in [6.45, 7) is 0. The minimum atomic E-state index is 0.101. The smallest absolute Gasteiger partial charge is 0.0723 e. The van der Waals surface area contributed by atoms with Gasteiger partial charge in [0.05, 0.1) is 6.17 Å². The third-order valence-corrected chi connectivity index (χ3v) is 3.95. The monoisotopic (exact) mass is 218 g/mol. The number of hydrogen-bond donors (Lipinski definition) is 3. The van der Waals surface area contributed by atoms with Crippen LogP contribution in [0.4, 0.5) is 0 Å². The minimum Gasteiger partial charge on any atom is -0.315 e. The molecule has 1 saturated heterocycles. The van der Waals surface area contributed by atoms with Crippen LogP contribution in [0, 0.1) is 5.92 Å². The van der Waals surface area contributed by atoms with Crippen molar-refractivity contribution in [3.63, 3.8) is 0 Å². The molecule has 3 rings (SSSR count). The second kappa shape index (κ2) is 4.13. The third kappa shape index (κ3) is 1.73. The Bertz CT molecular complexity index is 353. The standard InChI is InChI=1S/C12H18N4/c13-12-10-6-8(3-4-11(10)15-16-12)9-2-1-5-14-7-9/h1-2,5,7-8,10-12,15-16H,3-4,6,13H2. The van der Waals surface area contributed by atoms with Crippen molar-refractivity contribution in [1.82, 2.24) is 15.8 Å². The Balaban J connectivity index is 1.75. The van der Waals surface area contributed by atoms with Gasteiger partial charge < -0.3 is 5.73 Å². The summed E-state index contributed by atoms with van der Waals surface area (Å²) in [5, 5.41) is 0. The first-order valence-electron chi connectivity index (χ1n) is 6.01. The predicted octanol–water partition coefficient (Wildman–Crippen LogP) is 0.726. The molecule has 1 aromatic heterocycles. The van der Waals surface area contributed by atoms with Gasteiger partial charge in [0.25, 0.3) is 0 Å². The molecule has 2 aliphatic rings. The average molecular weight is 218 g/mol. The van der Waals surface area contributed by atoms with Gasteiger partial charge in [-0.1, -0.05) is 6.07 Å². The van der Waals surface area contributed by atoms with Crippen LogP contribution < -0.4 is 16.6 Å². The Kier molecular flexibility index (Phi) is 2.63. The fourth-order valence-corrected chi connectivity index (χ4v) is 3.01. The molecule has 16 heavy (non-hydrogen) atoms. The number of pyridine rings is 1. The highest BCUT2D eigenvalue weighted by molar-refractivity contribution is 5.16. The molecule has 1 aliphatic heterocycles. The van der Waals surface area contributed by atoms with E-state index in [0.29, 0.717) is 17.9 Å². The van der Waals surface area contributed by atoms with Gasteiger partial charge in [0.1, 0.15) is 0 Å². The van der Waals surface area contributed by atoms with E-state index in [1.54, 1.807) is 0 Å². The van der Waals surface area contributed by atoms with E-state index in [4.69, 9.17) is 5.73 Å². The molecule has 0 spiro atoms. The molecular weight excluding hydrogens is 200 g/mol. The summed E-state index contributed by atoms with van der Waals surface area (Å²) in [6.07, 6.45) is 7.52. The van der Waals surface area contributed by atoms with Crippen molar-refractivity contribution in [1.29, 1.82) is 0 Å². The maximum absolute atomic E-state index is 6.04. The SMILES string of the molecule is NC1NNC2CCC(c3cccnc3)CC12. The van der Waals surface area contributed by atoms with Crippen LogP contribution in [0.25, 0.3) is 0 Å². The van der Waals surface area contributed by atoms with Crippen molar-refractivity contribution in [2.45, 2.75) is 37.4 Å². The maximum atomic E-state index is 6.04. The number of nitrogens with zero attached hydrogens (tertiary/aromatic N) is 1. The molecule has 0 bridgehead atoms. The lowest BCUT2D eigenvalue weighted by Gasteiger charge is -2.32. The summed E-state index contributed by atoms with van der Waals surface area (Å²) >= 11 is 0. The van der Waals surface area contributed by atoms with Gasteiger partial charge in [-0.2, -0.15) is 0 Å². The lowest BCUT2D eigenvalue weighted by atomic mass is 9.75. The van der Waals surface area contributed by atoms with Gasteiger partial charge in [-0.3, -0.25) is 10.4 Å². The molecule has 0 radical (unpaired) electrons. The molecule has 1 aromatic rings. The molecular formula is C12H18N4. The van der Waals surface area contributed by atoms with Crippen LogP contribution in [-0.2, 0) is 0 Å². The fraction of sp³-hybridized carbons (Fsp3) is 0.583. The number of hydrogen-bond acceptors (Lipinski definition) is 4. The predicted molar refractivity (Wildman–Crippen MR) is 62.4 cm³/mol. The highest BCUT2D eigenvalue weighted by atomic mass is 15.5. The summed E-state index contributed by atoms with van der Waals surface area (Å²) in [6, 6.07) is 4.76. The quantitative estimate of drug-likeness (QED) is 0.650. The van der Waals surface area contributed by atoms with Crippen LogP contribution in [0.15, 0.2) is 24.5 Å². The number of nitrogens with two attached hydrogens (primary N) is 1. The van der Waals surface area contributed by atoms with E-state index in [2.05, 4.69) is 21.9 Å². The van der Waals surface area contributed by atoms with Gasteiger partial charge in [0.2, 0.25) is 0 Å². The molecule has 2 fully saturated rings. The first-order valence-corrected chi connectivity index (χ1v) is 6.01. The van der Waals surface area contributed by atoms with Crippen LogP contribution in [0.1, 0.15) is 30.7 Å². The Hall–Kier alpha value is -0.970. The molecule has 4 unspecified atom stereocenters. The molecule has 0 amide bonds. The highest BCUT2D eigenvalue weighted by Gasteiger charge is 2.38. The topological polar surface area (TPSA) is 63.0 Å². The zero-order valence-corrected chi connectivity index (χ0v) is 9.26. The summed E-state index contributed by atoms with van der Waals surface area (Å²) in [5.74, 6) is 1.18. The van der Waals surface area contributed by atoms with E-state index in [1.165, 1.54) is 18.4 Å². The summed E-state index contributed by atoms with van der Waals surface area (Å²) in [5.41, 5.74) is 13.8. The number of hydrazine groups is 1. The normalized spacial score (nSPS) is 38.3. The molecule has 0 aromatic carbocycles. The number of fused-ring (bicyclic) bond motifs is 1. The fourth-order valence-electron chi connectivity index (χ4n) is 3.01. The van der Waals surface area contributed by atoms with Crippen molar-refractivity contribution in [3.05, 3.63) is 30.1 Å². The third-order valence-electron chi connectivity index (χ3n) is 3.95. The largest absolute Gasteiger partial charge is 0.315 e. The molecule has 1 saturated carbocycles. The van der Waals surface area contributed by atoms with Gasteiger partial charge >= 0.3 is 0 Å². The van der Waals surface area contributed by atoms with Crippen molar-refractivity contribution >= 4 is 0 Å². The lowest BCUT2D eigenvalue weighted by Crippen LogP contribution is -2.39. The van der Waals surface area contributed by atoms with Crippen molar-refractivity contribution < 1.29 is 0 Å². The van der Waals surface area contributed by atoms with Gasteiger partial charge in [-0.15, -0.1) is 0 Å². The van der Waals surface area contributed by atoms with Crippen LogP contribution in [-0.4, -0.2) is 17.2 Å². The van der Waals surface area contributed by atoms with E-state index in [1.807, 2.05) is 18.5 Å². The van der Waals surface area contributed by atoms with E-state index >= 15 is 0 Å². The molecule has 1 aliphatic carbocycles. The van der Waals surface area contributed by atoms with Crippen LogP contribution in [0.2, 0.25) is 0 Å². The number of rotatable bonds is 1. The molecule has 4 atom stereocenters. The van der Waals surface area contributed by atoms with Gasteiger partial charge in [-0.25, -0.2) is 5.43 Å². The lowest BCUT2D eigenvalue weighted by molar-refractivity contribution is 0.278. The van der Waals surface area contributed by atoms with E-state index < -0.39 is 0 Å². The molecule has 4 heteroatoms. The molecule has 86 valence electrons. The zero-order valence-electron chi connectivity index (χ0n) is 9.26. The van der Waals surface area contributed by atoms with Crippen LogP contribution in [0.3, 0.4) is 0 Å². The first kappa shape index (κ1) is 10.2. The van der Waals surface area contributed by atoms with Gasteiger partial charge in [0, 0.05) is 24.4 Å². The highest BCUT2D eigenvalue weighted by Crippen LogP contribution is 2.38. The van der Waals surface area contributed by atoms with E-state index in [0.717, 1.165) is 6.42 Å². The second-order valence-electron chi connectivity index (χ2n) is 4.88. The molecule has 2 heterocycles.